The van der Waals surface area contributed by atoms with Crippen LogP contribution in [0.2, 0.25) is 0 Å². The normalized spacial score (nSPS) is 9.26. The van der Waals surface area contributed by atoms with E-state index in [1.165, 1.54) is 6.07 Å². The first kappa shape index (κ1) is 15.7. The molecule has 0 atom stereocenters. The second kappa shape index (κ2) is 7.28. The van der Waals surface area contributed by atoms with Gasteiger partial charge in [0.2, 0.25) is 0 Å². The molecule has 0 saturated carbocycles. The summed E-state index contributed by atoms with van der Waals surface area (Å²) in [6.07, 6.45) is 5.12. The summed E-state index contributed by atoms with van der Waals surface area (Å²) in [5.74, 6) is 3.11. The fraction of sp³-hybridized carbons (Fsp3) is 0.133. The van der Waals surface area contributed by atoms with Crippen molar-refractivity contribution >= 4 is 0 Å². The Balaban J connectivity index is 0.00000180. The molecule has 0 bridgehead atoms. The molecule has 93 valence electrons. The second-order valence-corrected chi connectivity index (χ2v) is 3.74. The SMILES string of the molecule is C#CCOc1ccc(-c2[c-]ccc(=O)n2C)cc1.[Y]. The van der Waals surface area contributed by atoms with Gasteiger partial charge in [0, 0.05) is 39.8 Å². The zero-order valence-electron chi connectivity index (χ0n) is 10.6. The van der Waals surface area contributed by atoms with Gasteiger partial charge in [-0.05, 0) is 12.1 Å². The predicted octanol–water partition coefficient (Wildman–Crippen LogP) is 1.86. The van der Waals surface area contributed by atoms with Crippen LogP contribution in [-0.4, -0.2) is 11.2 Å². The van der Waals surface area contributed by atoms with E-state index >= 15 is 0 Å². The van der Waals surface area contributed by atoms with Crippen molar-refractivity contribution < 1.29 is 37.4 Å². The van der Waals surface area contributed by atoms with Gasteiger partial charge in [0.1, 0.15) is 12.4 Å². The molecule has 0 aliphatic heterocycles. The molecule has 0 amide bonds. The molecule has 3 nitrogen and oxygen atoms in total. The van der Waals surface area contributed by atoms with Crippen molar-refractivity contribution in [1.29, 1.82) is 0 Å². The third-order valence-electron chi connectivity index (χ3n) is 2.56. The van der Waals surface area contributed by atoms with E-state index in [0.29, 0.717) is 5.75 Å². The molecule has 0 unspecified atom stereocenters. The zero-order chi connectivity index (χ0) is 13.0. The number of benzene rings is 1. The van der Waals surface area contributed by atoms with E-state index in [1.54, 1.807) is 17.7 Å². The number of nitrogens with zero attached hydrogens (tertiary/aromatic N) is 1. The third kappa shape index (κ3) is 3.80. The maximum atomic E-state index is 11.5. The average Bonchev–Trinajstić information content (AvgIpc) is 2.40. The first-order valence-electron chi connectivity index (χ1n) is 5.47. The van der Waals surface area contributed by atoms with Gasteiger partial charge in [-0.1, -0.05) is 23.2 Å². The second-order valence-electron chi connectivity index (χ2n) is 3.74. The first-order chi connectivity index (χ1) is 8.72. The van der Waals surface area contributed by atoms with Gasteiger partial charge in [-0.3, -0.25) is 4.79 Å². The Bertz CT molecular complexity index is 638. The smallest absolute Gasteiger partial charge is 0.194 e. The Kier molecular flexibility index (Phi) is 6.01. The Hall–Kier alpha value is -1.37. The Morgan fingerprint density at radius 1 is 1.32 bits per heavy atom. The van der Waals surface area contributed by atoms with Crippen LogP contribution in [0.1, 0.15) is 0 Å². The van der Waals surface area contributed by atoms with E-state index in [4.69, 9.17) is 11.2 Å². The van der Waals surface area contributed by atoms with Crippen LogP contribution in [-0.2, 0) is 39.8 Å². The minimum Gasteiger partial charge on any atom is -0.481 e. The summed E-state index contributed by atoms with van der Waals surface area (Å²) < 4.78 is 6.84. The number of hydrogen-bond donors (Lipinski definition) is 0. The molecule has 1 aromatic carbocycles. The largest absolute Gasteiger partial charge is 0.481 e. The molecule has 19 heavy (non-hydrogen) atoms. The maximum Gasteiger partial charge on any atom is 0.194 e. The maximum absolute atomic E-state index is 11.5. The van der Waals surface area contributed by atoms with Gasteiger partial charge >= 0.3 is 0 Å². The number of ether oxygens (including phenoxy) is 1. The molecular formula is C15H12NO2Y-. The van der Waals surface area contributed by atoms with Crippen molar-refractivity contribution in [3.63, 3.8) is 0 Å². The molecule has 0 N–H and O–H groups in total. The van der Waals surface area contributed by atoms with Gasteiger partial charge in [0.25, 0.3) is 0 Å². The molecule has 0 aliphatic rings. The van der Waals surface area contributed by atoms with Crippen LogP contribution in [0.5, 0.6) is 5.75 Å². The topological polar surface area (TPSA) is 31.2 Å². The monoisotopic (exact) mass is 327 g/mol. The van der Waals surface area contributed by atoms with Crippen LogP contribution < -0.4 is 10.3 Å². The van der Waals surface area contributed by atoms with Crippen molar-refractivity contribution in [3.8, 4) is 29.4 Å². The summed E-state index contributed by atoms with van der Waals surface area (Å²) in [6.45, 7) is 0.245. The molecule has 2 rings (SSSR count). The van der Waals surface area contributed by atoms with Crippen LogP contribution in [0, 0.1) is 18.4 Å². The van der Waals surface area contributed by atoms with E-state index in [1.807, 2.05) is 24.3 Å². The Morgan fingerprint density at radius 2 is 2.00 bits per heavy atom. The van der Waals surface area contributed by atoms with Crippen molar-refractivity contribution in [3.05, 3.63) is 52.8 Å². The standard InChI is InChI=1S/C15H12NO2.Y/c1-3-11-18-13-9-7-12(8-10-13)14-5-4-6-15(17)16(14)2;/h1,4,6-10H,11H2,2H3;/q-1;. The van der Waals surface area contributed by atoms with E-state index in [0.717, 1.165) is 11.3 Å². The number of rotatable bonds is 3. The minimum absolute atomic E-state index is 0. The van der Waals surface area contributed by atoms with Gasteiger partial charge in [0.05, 0.1) is 0 Å². The fourth-order valence-corrected chi connectivity index (χ4v) is 1.62. The Labute approximate surface area is 137 Å². The van der Waals surface area contributed by atoms with Crippen molar-refractivity contribution in [2.45, 2.75) is 0 Å². The average molecular weight is 327 g/mol. The van der Waals surface area contributed by atoms with Crippen LogP contribution in [0.25, 0.3) is 11.3 Å². The third-order valence-corrected chi connectivity index (χ3v) is 2.56. The molecular weight excluding hydrogens is 315 g/mol. The van der Waals surface area contributed by atoms with Crippen LogP contribution in [0.3, 0.4) is 0 Å². The summed E-state index contributed by atoms with van der Waals surface area (Å²) in [5.41, 5.74) is 1.59. The van der Waals surface area contributed by atoms with E-state index in [9.17, 15) is 4.79 Å². The molecule has 1 heterocycles. The van der Waals surface area contributed by atoms with Crippen molar-refractivity contribution in [2.24, 2.45) is 7.05 Å². The summed E-state index contributed by atoms with van der Waals surface area (Å²) in [4.78, 5) is 11.5. The van der Waals surface area contributed by atoms with E-state index < -0.39 is 0 Å². The first-order valence-corrected chi connectivity index (χ1v) is 5.47. The minimum atomic E-state index is -0.0589. The van der Waals surface area contributed by atoms with Gasteiger partial charge < -0.3 is 9.30 Å². The van der Waals surface area contributed by atoms with E-state index in [-0.39, 0.29) is 44.9 Å². The number of terminal acetylenes is 1. The number of aromatic nitrogens is 1. The van der Waals surface area contributed by atoms with Crippen LogP contribution >= 0.6 is 0 Å². The molecule has 0 aliphatic carbocycles. The summed E-state index contributed by atoms with van der Waals surface area (Å²) >= 11 is 0. The molecule has 0 fully saturated rings. The van der Waals surface area contributed by atoms with Crippen LogP contribution in [0.4, 0.5) is 0 Å². The summed E-state index contributed by atoms with van der Waals surface area (Å²) in [6, 6.07) is 13.5. The molecule has 0 saturated heterocycles. The Morgan fingerprint density at radius 3 is 2.63 bits per heavy atom. The van der Waals surface area contributed by atoms with Crippen LogP contribution in [0.15, 0.2) is 41.2 Å². The molecule has 1 aromatic heterocycles. The predicted molar refractivity (Wildman–Crippen MR) is 70.3 cm³/mol. The van der Waals surface area contributed by atoms with Gasteiger partial charge in [-0.25, -0.2) is 0 Å². The molecule has 4 heteroatoms. The quantitative estimate of drug-likeness (QED) is 0.637. The molecule has 2 aromatic rings. The summed E-state index contributed by atoms with van der Waals surface area (Å²) in [7, 11) is 1.72. The molecule has 0 spiro atoms. The summed E-state index contributed by atoms with van der Waals surface area (Å²) in [5, 5.41) is 0. The van der Waals surface area contributed by atoms with E-state index in [2.05, 4.69) is 12.0 Å². The molecule has 1 radical (unpaired) electrons. The fourth-order valence-electron chi connectivity index (χ4n) is 1.62. The van der Waals surface area contributed by atoms with Crippen molar-refractivity contribution in [1.82, 2.24) is 4.57 Å². The van der Waals surface area contributed by atoms with Gasteiger partial charge in [0.15, 0.2) is 5.56 Å². The van der Waals surface area contributed by atoms with Crippen molar-refractivity contribution in [2.75, 3.05) is 6.61 Å². The van der Waals surface area contributed by atoms with Gasteiger partial charge in [-0.2, -0.15) is 12.1 Å². The number of pyridine rings is 1. The zero-order valence-corrected chi connectivity index (χ0v) is 13.4. The number of hydrogen-bond acceptors (Lipinski definition) is 2. The van der Waals surface area contributed by atoms with Gasteiger partial charge in [-0.15, -0.1) is 18.6 Å².